The minimum absolute atomic E-state index is 0.0726. The molecule has 1 aromatic heterocycles. The summed E-state index contributed by atoms with van der Waals surface area (Å²) in [7, 11) is 0. The van der Waals surface area contributed by atoms with Crippen LogP contribution in [0.4, 0.5) is 10.2 Å². The summed E-state index contributed by atoms with van der Waals surface area (Å²) in [6, 6.07) is 5.72. The summed E-state index contributed by atoms with van der Waals surface area (Å²) in [5, 5.41) is 11.1. The summed E-state index contributed by atoms with van der Waals surface area (Å²) in [5.74, 6) is -0.615. The maximum atomic E-state index is 13.4. The largest absolute Gasteiger partial charge is 0.377 e. The first-order valence-electron chi connectivity index (χ1n) is 5.35. The van der Waals surface area contributed by atoms with Crippen molar-refractivity contribution in [1.82, 2.24) is 4.98 Å². The van der Waals surface area contributed by atoms with Crippen LogP contribution in [0.25, 0.3) is 0 Å². The van der Waals surface area contributed by atoms with Gasteiger partial charge in [0.25, 0.3) is 0 Å². The Morgan fingerprint density at radius 2 is 2.10 bits per heavy atom. The van der Waals surface area contributed by atoms with Gasteiger partial charge < -0.3 is 10.1 Å². The zero-order chi connectivity index (χ0) is 14.7. The van der Waals surface area contributed by atoms with Crippen molar-refractivity contribution in [2.24, 2.45) is 0 Å². The molecule has 2 rings (SSSR count). The summed E-state index contributed by atoms with van der Waals surface area (Å²) in [6.45, 7) is 0. The molecule has 4 nitrogen and oxygen atoms in total. The second kappa shape index (κ2) is 6.39. The number of benzene rings is 1. The van der Waals surface area contributed by atoms with Crippen molar-refractivity contribution in [2.75, 3.05) is 0 Å². The third-order valence-corrected chi connectivity index (χ3v) is 4.26. The van der Waals surface area contributed by atoms with Gasteiger partial charge in [-0.25, -0.2) is 4.39 Å². The zero-order valence-corrected chi connectivity index (χ0v) is 12.2. The monoisotopic (exact) mass is 332 g/mol. The van der Waals surface area contributed by atoms with E-state index in [0.717, 1.165) is 11.8 Å². The maximum Gasteiger partial charge on any atom is 0.377 e. The minimum Gasteiger partial charge on any atom is -0.358 e. The van der Waals surface area contributed by atoms with E-state index >= 15 is 0 Å². The van der Waals surface area contributed by atoms with Crippen LogP contribution in [-0.4, -0.2) is 9.91 Å². The third kappa shape index (κ3) is 3.20. The Morgan fingerprint density at radius 1 is 1.35 bits per heavy atom. The molecule has 8 heteroatoms. The fraction of sp³-hybridized carbons (Fsp3) is 0.0833. The summed E-state index contributed by atoms with van der Waals surface area (Å²) >= 11 is 12.9. The predicted molar refractivity (Wildman–Crippen MR) is 76.9 cm³/mol. The molecule has 0 atom stereocenters. The van der Waals surface area contributed by atoms with Crippen molar-refractivity contribution in [1.29, 1.82) is 0 Å². The van der Waals surface area contributed by atoms with E-state index < -0.39 is 10.7 Å². The van der Waals surface area contributed by atoms with Gasteiger partial charge >= 0.3 is 5.82 Å². The lowest BCUT2D eigenvalue weighted by Crippen LogP contribution is -1.95. The molecule has 104 valence electrons. The van der Waals surface area contributed by atoms with E-state index in [4.69, 9.17) is 23.2 Å². The van der Waals surface area contributed by atoms with E-state index in [1.54, 1.807) is 12.1 Å². The highest BCUT2D eigenvalue weighted by Crippen LogP contribution is 2.35. The highest BCUT2D eigenvalue weighted by molar-refractivity contribution is 7.98. The summed E-state index contributed by atoms with van der Waals surface area (Å²) in [5.41, 5.74) is 0.400. The van der Waals surface area contributed by atoms with Crippen molar-refractivity contribution >= 4 is 40.8 Å². The van der Waals surface area contributed by atoms with E-state index in [-0.39, 0.29) is 16.6 Å². The minimum atomic E-state index is -0.577. The Bertz CT molecular complexity index is 670. The molecule has 0 saturated heterocycles. The Labute approximate surface area is 128 Å². The Hall–Kier alpha value is -1.37. The van der Waals surface area contributed by atoms with Gasteiger partial charge in [0.05, 0.1) is 5.02 Å². The van der Waals surface area contributed by atoms with E-state index in [1.807, 2.05) is 0 Å². The van der Waals surface area contributed by atoms with Gasteiger partial charge in [-0.15, -0.1) is 11.8 Å². The lowest BCUT2D eigenvalue weighted by molar-refractivity contribution is -0.392. The Balaban J connectivity index is 2.26. The number of hydrogen-bond donors (Lipinski definition) is 0. The maximum absolute atomic E-state index is 13.4. The quantitative estimate of drug-likeness (QED) is 0.351. The normalized spacial score (nSPS) is 10.6. The van der Waals surface area contributed by atoms with Crippen molar-refractivity contribution in [3.05, 3.63) is 62.0 Å². The number of thioether (sulfide) groups is 1. The highest BCUT2D eigenvalue weighted by atomic mass is 35.5. The van der Waals surface area contributed by atoms with Crippen LogP contribution >= 0.6 is 35.0 Å². The molecule has 0 spiro atoms. The molecule has 1 aromatic carbocycles. The summed E-state index contributed by atoms with van der Waals surface area (Å²) in [6.07, 6.45) is 1.34. The molecule has 0 amide bonds. The first-order valence-corrected chi connectivity index (χ1v) is 7.09. The van der Waals surface area contributed by atoms with Crippen LogP contribution < -0.4 is 0 Å². The third-order valence-electron chi connectivity index (χ3n) is 2.43. The molecule has 0 aliphatic heterocycles. The number of halogens is 3. The van der Waals surface area contributed by atoms with E-state index in [2.05, 4.69) is 4.98 Å². The average molecular weight is 333 g/mol. The standard InChI is InChI=1S/C12H7Cl2FN2O2S/c13-8-3-4-9(15)11(14)7(8)6-20-10-2-1-5-16-12(10)17(18)19/h1-5H,6H2. The Kier molecular flexibility index (Phi) is 4.80. The first-order chi connectivity index (χ1) is 9.50. The van der Waals surface area contributed by atoms with Crippen LogP contribution in [0.15, 0.2) is 35.4 Å². The van der Waals surface area contributed by atoms with Crippen LogP contribution in [0.2, 0.25) is 10.0 Å². The van der Waals surface area contributed by atoms with Crippen molar-refractivity contribution in [3.8, 4) is 0 Å². The van der Waals surface area contributed by atoms with Gasteiger partial charge in [0.1, 0.15) is 16.9 Å². The number of hydrogen-bond acceptors (Lipinski definition) is 4. The molecule has 0 unspecified atom stereocenters. The predicted octanol–water partition coefficient (Wildman–Crippen LogP) is 4.73. The molecule has 0 aliphatic carbocycles. The highest BCUT2D eigenvalue weighted by Gasteiger charge is 2.17. The van der Waals surface area contributed by atoms with Gasteiger partial charge in [0.2, 0.25) is 0 Å². The molecular formula is C12H7Cl2FN2O2S. The van der Waals surface area contributed by atoms with Crippen molar-refractivity contribution in [3.63, 3.8) is 0 Å². The zero-order valence-electron chi connectivity index (χ0n) is 9.85. The Morgan fingerprint density at radius 3 is 2.80 bits per heavy atom. The number of nitrogens with zero attached hydrogens (tertiary/aromatic N) is 2. The second-order valence-electron chi connectivity index (χ2n) is 3.69. The fourth-order valence-electron chi connectivity index (χ4n) is 1.48. The van der Waals surface area contributed by atoms with E-state index in [0.29, 0.717) is 15.5 Å². The van der Waals surface area contributed by atoms with Crippen LogP contribution in [0.1, 0.15) is 5.56 Å². The molecule has 0 aliphatic rings. The molecule has 20 heavy (non-hydrogen) atoms. The van der Waals surface area contributed by atoms with Crippen molar-refractivity contribution < 1.29 is 9.31 Å². The van der Waals surface area contributed by atoms with Gasteiger partial charge in [0.15, 0.2) is 0 Å². The molecule has 0 bridgehead atoms. The number of rotatable bonds is 4. The lowest BCUT2D eigenvalue weighted by atomic mass is 10.2. The van der Waals surface area contributed by atoms with Gasteiger partial charge in [-0.3, -0.25) is 0 Å². The molecule has 0 N–H and O–H groups in total. The van der Waals surface area contributed by atoms with Crippen LogP contribution in [0.5, 0.6) is 0 Å². The summed E-state index contributed by atoms with van der Waals surface area (Å²) in [4.78, 5) is 14.3. The van der Waals surface area contributed by atoms with Crippen molar-refractivity contribution in [2.45, 2.75) is 10.6 Å². The molecular weight excluding hydrogens is 326 g/mol. The smallest absolute Gasteiger partial charge is 0.358 e. The topological polar surface area (TPSA) is 56.0 Å². The van der Waals surface area contributed by atoms with Gasteiger partial charge in [-0.05, 0) is 34.2 Å². The second-order valence-corrected chi connectivity index (χ2v) is 5.50. The number of aromatic nitrogens is 1. The van der Waals surface area contributed by atoms with Crippen LogP contribution in [0, 0.1) is 15.9 Å². The van der Waals surface area contributed by atoms with Gasteiger partial charge in [-0.1, -0.05) is 23.2 Å². The molecule has 0 saturated carbocycles. The first kappa shape index (κ1) is 15.0. The lowest BCUT2D eigenvalue weighted by Gasteiger charge is -2.07. The number of pyridine rings is 1. The fourth-order valence-corrected chi connectivity index (χ4v) is 3.18. The van der Waals surface area contributed by atoms with E-state index in [1.165, 1.54) is 18.3 Å². The van der Waals surface area contributed by atoms with Crippen LogP contribution in [0.3, 0.4) is 0 Å². The average Bonchev–Trinajstić information content (AvgIpc) is 2.43. The summed E-state index contributed by atoms with van der Waals surface area (Å²) < 4.78 is 13.4. The van der Waals surface area contributed by atoms with Gasteiger partial charge in [-0.2, -0.15) is 0 Å². The molecule has 0 fully saturated rings. The molecule has 1 heterocycles. The number of nitro groups is 1. The van der Waals surface area contributed by atoms with Crippen LogP contribution in [-0.2, 0) is 5.75 Å². The molecule has 2 aromatic rings. The van der Waals surface area contributed by atoms with E-state index in [9.17, 15) is 14.5 Å². The SMILES string of the molecule is O=[N+]([O-])c1ncccc1SCc1c(Cl)ccc(F)c1Cl. The van der Waals surface area contributed by atoms with Gasteiger partial charge in [0, 0.05) is 16.3 Å². The molecule has 0 radical (unpaired) electrons.